The first-order valence-corrected chi connectivity index (χ1v) is 7.36. The lowest BCUT2D eigenvalue weighted by Gasteiger charge is -2.03. The van der Waals surface area contributed by atoms with Gasteiger partial charge in [-0.25, -0.2) is 9.25 Å². The number of anilines is 1. The second-order valence-corrected chi connectivity index (χ2v) is 5.48. The first-order valence-electron chi connectivity index (χ1n) is 7.36. The third kappa shape index (κ3) is 4.17. The molecule has 0 spiro atoms. The second-order valence-electron chi connectivity index (χ2n) is 5.48. The highest BCUT2D eigenvalue weighted by Crippen LogP contribution is 2.24. The summed E-state index contributed by atoms with van der Waals surface area (Å²) in [5.41, 5.74) is 9.79. The van der Waals surface area contributed by atoms with E-state index in [1.165, 1.54) is 5.56 Å². The van der Waals surface area contributed by atoms with Crippen molar-refractivity contribution < 1.29 is 17.0 Å². The molecule has 2 aromatic heterocycles. The Labute approximate surface area is 147 Å². The molecule has 7 heteroatoms. The molecule has 1 aromatic carbocycles. The third-order valence-corrected chi connectivity index (χ3v) is 3.55. The normalized spacial score (nSPS) is 10.8. The zero-order valence-corrected chi connectivity index (χ0v) is 14.4. The zero-order valence-electron chi connectivity index (χ0n) is 13.6. The number of pyridine rings is 1. The number of aromatic nitrogens is 3. The molecule has 0 aliphatic carbocycles. The Balaban J connectivity index is 0.00000208. The summed E-state index contributed by atoms with van der Waals surface area (Å²) < 4.78 is 3.70. The predicted octanol–water partition coefficient (Wildman–Crippen LogP) is 0.0659. The number of halogens is 1. The van der Waals surface area contributed by atoms with Gasteiger partial charge < -0.3 is 18.1 Å². The number of azo groups is 1. The van der Waals surface area contributed by atoms with Crippen molar-refractivity contribution in [3.63, 3.8) is 0 Å². The van der Waals surface area contributed by atoms with Crippen LogP contribution in [0.1, 0.15) is 11.1 Å². The van der Waals surface area contributed by atoms with E-state index in [1.54, 1.807) is 10.9 Å². The number of rotatable bonds is 4. The Morgan fingerprint density at radius 1 is 1.08 bits per heavy atom. The summed E-state index contributed by atoms with van der Waals surface area (Å²) in [7, 11) is 1.98. The van der Waals surface area contributed by atoms with Gasteiger partial charge >= 0.3 is 0 Å². The first kappa shape index (κ1) is 17.6. The van der Waals surface area contributed by atoms with Crippen LogP contribution in [0.3, 0.4) is 0 Å². The molecule has 0 radical (unpaired) electrons. The average molecular weight is 343 g/mol. The van der Waals surface area contributed by atoms with Gasteiger partial charge in [0.1, 0.15) is 18.6 Å². The Morgan fingerprint density at radius 3 is 2.42 bits per heavy atom. The topological polar surface area (TPSA) is 72.4 Å². The summed E-state index contributed by atoms with van der Waals surface area (Å²) in [6, 6.07) is 11.9. The molecule has 2 N–H and O–H groups in total. The minimum absolute atomic E-state index is 0. The van der Waals surface area contributed by atoms with E-state index in [2.05, 4.69) is 15.3 Å². The van der Waals surface area contributed by atoms with Crippen molar-refractivity contribution in [3.05, 3.63) is 66.1 Å². The van der Waals surface area contributed by atoms with Crippen molar-refractivity contribution >= 4 is 17.2 Å². The van der Waals surface area contributed by atoms with Gasteiger partial charge in [0.2, 0.25) is 0 Å². The lowest BCUT2D eigenvalue weighted by atomic mass is 10.2. The maximum atomic E-state index is 6.11. The number of nitrogens with zero attached hydrogens (tertiary/aromatic N) is 5. The minimum Gasteiger partial charge on any atom is -1.00 e. The van der Waals surface area contributed by atoms with Crippen LogP contribution < -0.4 is 22.7 Å². The summed E-state index contributed by atoms with van der Waals surface area (Å²) in [5.74, 6) is 0.508. The Hall–Kier alpha value is -2.73. The molecule has 0 saturated heterocycles. The van der Waals surface area contributed by atoms with Crippen LogP contribution in [-0.4, -0.2) is 9.78 Å². The van der Waals surface area contributed by atoms with Crippen molar-refractivity contribution in [2.75, 3.05) is 5.73 Å². The van der Waals surface area contributed by atoms with Crippen LogP contribution in [-0.2, 0) is 13.6 Å². The summed E-state index contributed by atoms with van der Waals surface area (Å²) in [4.78, 5) is 0. The van der Waals surface area contributed by atoms with Crippen LogP contribution in [0.5, 0.6) is 0 Å². The smallest absolute Gasteiger partial charge is 0.168 e. The maximum Gasteiger partial charge on any atom is 0.168 e. The van der Waals surface area contributed by atoms with Crippen molar-refractivity contribution in [2.45, 2.75) is 13.5 Å². The van der Waals surface area contributed by atoms with Crippen molar-refractivity contribution in [2.24, 2.45) is 17.3 Å². The van der Waals surface area contributed by atoms with Gasteiger partial charge in [0, 0.05) is 12.1 Å². The van der Waals surface area contributed by atoms with Gasteiger partial charge in [-0.1, -0.05) is 17.7 Å². The molecule has 0 fully saturated rings. The fourth-order valence-electron chi connectivity index (χ4n) is 2.12. The molecule has 0 amide bonds. The zero-order chi connectivity index (χ0) is 16.2. The SMILES string of the molecule is Cc1ccc(N=Nc2cnn(Cc3cc[n+](C)cc3)c2N)cc1.[Cl-]. The standard InChI is InChI=1S/C17H19N6.ClH/c1-13-3-5-15(6-4-13)20-21-16-11-19-23(17(16)18)12-14-7-9-22(2)10-8-14;/h3-11H,12,18H2,1-2H3;1H/q+1;/p-1. The molecule has 24 heavy (non-hydrogen) atoms. The largest absolute Gasteiger partial charge is 1.00 e. The van der Waals surface area contributed by atoms with Gasteiger partial charge in [-0.15, -0.1) is 5.11 Å². The van der Waals surface area contributed by atoms with Crippen LogP contribution >= 0.6 is 0 Å². The van der Waals surface area contributed by atoms with Crippen LogP contribution in [0.4, 0.5) is 17.2 Å². The van der Waals surface area contributed by atoms with Crippen molar-refractivity contribution in [1.29, 1.82) is 0 Å². The molecule has 0 bridgehead atoms. The molecule has 2 heterocycles. The fourth-order valence-corrected chi connectivity index (χ4v) is 2.12. The van der Waals surface area contributed by atoms with Gasteiger partial charge in [-0.05, 0) is 24.6 Å². The average Bonchev–Trinajstić information content (AvgIpc) is 2.90. The molecule has 0 aliphatic heterocycles. The molecular weight excluding hydrogens is 324 g/mol. The molecule has 3 rings (SSSR count). The molecule has 0 atom stereocenters. The summed E-state index contributed by atoms with van der Waals surface area (Å²) >= 11 is 0. The summed E-state index contributed by atoms with van der Waals surface area (Å²) in [5, 5.41) is 12.7. The number of nitrogens with two attached hydrogens (primary N) is 1. The highest BCUT2D eigenvalue weighted by Gasteiger charge is 2.08. The lowest BCUT2D eigenvalue weighted by Crippen LogP contribution is -3.00. The van der Waals surface area contributed by atoms with Crippen LogP contribution in [0.25, 0.3) is 0 Å². The quantitative estimate of drug-likeness (QED) is 0.538. The number of nitrogen functional groups attached to an aromatic ring is 1. The third-order valence-electron chi connectivity index (χ3n) is 3.55. The van der Waals surface area contributed by atoms with E-state index in [-0.39, 0.29) is 12.4 Å². The molecule has 3 aromatic rings. The molecule has 0 aliphatic rings. The van der Waals surface area contributed by atoms with Gasteiger partial charge in [0.05, 0.1) is 18.4 Å². The van der Waals surface area contributed by atoms with Gasteiger partial charge in [-0.3, -0.25) is 0 Å². The maximum absolute atomic E-state index is 6.11. The number of aryl methyl sites for hydroxylation is 2. The van der Waals surface area contributed by atoms with Crippen LogP contribution in [0.15, 0.2) is 65.2 Å². The van der Waals surface area contributed by atoms with E-state index in [4.69, 9.17) is 5.73 Å². The van der Waals surface area contributed by atoms with Crippen molar-refractivity contribution in [1.82, 2.24) is 9.78 Å². The molecular formula is C17H19ClN6. The molecule has 0 saturated carbocycles. The highest BCUT2D eigenvalue weighted by atomic mass is 35.5. The predicted molar refractivity (Wildman–Crippen MR) is 88.7 cm³/mol. The van der Waals surface area contributed by atoms with Crippen LogP contribution in [0, 0.1) is 6.92 Å². The minimum atomic E-state index is 0. The van der Waals surface area contributed by atoms with E-state index >= 15 is 0 Å². The monoisotopic (exact) mass is 342 g/mol. The Kier molecular flexibility index (Phi) is 5.65. The highest BCUT2D eigenvalue weighted by molar-refractivity contribution is 5.56. The number of hydrogen-bond acceptors (Lipinski definition) is 4. The van der Waals surface area contributed by atoms with Gasteiger partial charge in [0.25, 0.3) is 0 Å². The van der Waals surface area contributed by atoms with Crippen molar-refractivity contribution in [3.8, 4) is 0 Å². The Morgan fingerprint density at radius 2 is 1.75 bits per heavy atom. The van der Waals surface area contributed by atoms with Crippen LogP contribution in [0.2, 0.25) is 0 Å². The number of benzene rings is 1. The molecule has 6 nitrogen and oxygen atoms in total. The fraction of sp³-hybridized carbons (Fsp3) is 0.176. The van der Waals surface area contributed by atoms with E-state index in [9.17, 15) is 0 Å². The van der Waals surface area contributed by atoms with Gasteiger partial charge in [0.15, 0.2) is 12.4 Å². The molecule has 0 unspecified atom stereocenters. The number of hydrogen-bond donors (Lipinski definition) is 1. The summed E-state index contributed by atoms with van der Waals surface area (Å²) in [6.07, 6.45) is 5.62. The summed E-state index contributed by atoms with van der Waals surface area (Å²) in [6.45, 7) is 2.64. The van der Waals surface area contributed by atoms with E-state index in [0.29, 0.717) is 18.1 Å². The van der Waals surface area contributed by atoms with E-state index < -0.39 is 0 Å². The first-order chi connectivity index (χ1) is 11.1. The van der Waals surface area contributed by atoms with E-state index in [1.807, 2.05) is 67.3 Å². The lowest BCUT2D eigenvalue weighted by molar-refractivity contribution is -0.671. The molecule has 124 valence electrons. The Bertz CT molecular complexity index is 821. The van der Waals surface area contributed by atoms with Gasteiger partial charge in [-0.2, -0.15) is 10.2 Å². The van der Waals surface area contributed by atoms with E-state index in [0.717, 1.165) is 11.3 Å². The second kappa shape index (κ2) is 7.70.